The molecule has 1 aliphatic heterocycles. The maximum absolute atomic E-state index is 13.6. The van der Waals surface area contributed by atoms with Crippen LogP contribution in [0.15, 0.2) is 42.5 Å². The molecule has 0 radical (unpaired) electrons. The third kappa shape index (κ3) is 7.48. The Balaban J connectivity index is 1.33. The molecule has 1 saturated heterocycles. The molecule has 174 valence electrons. The number of hydrogen-bond acceptors (Lipinski definition) is 4. The minimum absolute atomic E-state index is 0.0553. The first-order chi connectivity index (χ1) is 15.4. The number of aryl methyl sites for hydroxylation is 1. The van der Waals surface area contributed by atoms with E-state index < -0.39 is 11.6 Å². The second-order valence-corrected chi connectivity index (χ2v) is 8.49. The molecule has 2 aromatic rings. The van der Waals surface area contributed by atoms with Crippen molar-refractivity contribution in [3.05, 3.63) is 59.7 Å². The third-order valence-electron chi connectivity index (χ3n) is 5.42. The number of benzene rings is 2. The zero-order valence-electron chi connectivity index (χ0n) is 18.9. The average molecular weight is 447 g/mol. The zero-order valence-corrected chi connectivity index (χ0v) is 18.9. The molecule has 0 unspecified atom stereocenters. The topological polar surface area (TPSA) is 42.0 Å². The van der Waals surface area contributed by atoms with Gasteiger partial charge in [0, 0.05) is 45.2 Å². The third-order valence-corrected chi connectivity index (χ3v) is 5.42. The molecule has 7 heteroatoms. The van der Waals surface area contributed by atoms with Crippen LogP contribution in [-0.2, 0) is 11.2 Å². The number of hydrogen-bond donors (Lipinski definition) is 0. The van der Waals surface area contributed by atoms with Crippen molar-refractivity contribution in [2.45, 2.75) is 26.7 Å². The molecule has 0 spiro atoms. The summed E-state index contributed by atoms with van der Waals surface area (Å²) in [5, 5.41) is 0. The second kappa shape index (κ2) is 11.8. The Morgan fingerprint density at radius 1 is 1.00 bits per heavy atom. The van der Waals surface area contributed by atoms with Crippen LogP contribution < -0.4 is 9.47 Å². The van der Waals surface area contributed by atoms with Crippen molar-refractivity contribution in [1.82, 2.24) is 9.80 Å². The predicted molar refractivity (Wildman–Crippen MR) is 120 cm³/mol. The van der Waals surface area contributed by atoms with E-state index in [0.29, 0.717) is 51.6 Å². The van der Waals surface area contributed by atoms with Gasteiger partial charge in [-0.25, -0.2) is 8.78 Å². The number of halogens is 2. The van der Waals surface area contributed by atoms with E-state index >= 15 is 0 Å². The molecule has 2 aromatic carbocycles. The molecule has 0 atom stereocenters. The molecule has 0 saturated carbocycles. The fourth-order valence-corrected chi connectivity index (χ4v) is 3.52. The monoisotopic (exact) mass is 446 g/mol. The molecular formula is C25H32F2N2O3. The van der Waals surface area contributed by atoms with E-state index in [4.69, 9.17) is 9.47 Å². The van der Waals surface area contributed by atoms with Gasteiger partial charge in [0.1, 0.15) is 18.2 Å². The second-order valence-electron chi connectivity index (χ2n) is 8.49. The van der Waals surface area contributed by atoms with Gasteiger partial charge in [-0.3, -0.25) is 9.69 Å². The number of amides is 1. The van der Waals surface area contributed by atoms with Gasteiger partial charge in [-0.2, -0.15) is 0 Å². The largest absolute Gasteiger partial charge is 0.493 e. The molecule has 1 aliphatic rings. The van der Waals surface area contributed by atoms with E-state index in [-0.39, 0.29) is 11.7 Å². The lowest BCUT2D eigenvalue weighted by Crippen LogP contribution is -2.49. The maximum Gasteiger partial charge on any atom is 0.222 e. The number of rotatable bonds is 10. The van der Waals surface area contributed by atoms with Gasteiger partial charge < -0.3 is 14.4 Å². The van der Waals surface area contributed by atoms with Gasteiger partial charge in [0.2, 0.25) is 5.91 Å². The van der Waals surface area contributed by atoms with Gasteiger partial charge >= 0.3 is 0 Å². The first kappa shape index (κ1) is 24.0. The number of nitrogens with zero attached hydrogens (tertiary/aromatic N) is 2. The van der Waals surface area contributed by atoms with E-state index in [1.54, 1.807) is 0 Å². The van der Waals surface area contributed by atoms with Crippen LogP contribution in [0.5, 0.6) is 11.5 Å². The Labute approximate surface area is 188 Å². The Kier molecular flexibility index (Phi) is 8.85. The van der Waals surface area contributed by atoms with E-state index in [1.807, 2.05) is 29.2 Å². The SMILES string of the molecule is CC(C)COc1ccc(CCC(=O)N2CCN(CCOc3ccc(F)cc3F)CC2)cc1. The predicted octanol–water partition coefficient (Wildman–Crippen LogP) is 4.16. The molecule has 1 fully saturated rings. The van der Waals surface area contributed by atoms with Gasteiger partial charge in [-0.1, -0.05) is 26.0 Å². The smallest absolute Gasteiger partial charge is 0.222 e. The Bertz CT molecular complexity index is 866. The van der Waals surface area contributed by atoms with Crippen molar-refractivity contribution < 1.29 is 23.0 Å². The van der Waals surface area contributed by atoms with Crippen LogP contribution in [0, 0.1) is 17.6 Å². The molecule has 5 nitrogen and oxygen atoms in total. The normalized spacial score (nSPS) is 14.6. The number of piperazine rings is 1. The number of carbonyl (C=O) groups is 1. The highest BCUT2D eigenvalue weighted by Gasteiger charge is 2.20. The Morgan fingerprint density at radius 2 is 1.72 bits per heavy atom. The van der Waals surface area contributed by atoms with E-state index in [2.05, 4.69) is 18.7 Å². The summed E-state index contributed by atoms with van der Waals surface area (Å²) in [5.41, 5.74) is 1.12. The summed E-state index contributed by atoms with van der Waals surface area (Å²) in [7, 11) is 0. The lowest BCUT2D eigenvalue weighted by Gasteiger charge is -2.34. The van der Waals surface area contributed by atoms with Crippen molar-refractivity contribution in [3.63, 3.8) is 0 Å². The van der Waals surface area contributed by atoms with Gasteiger partial charge in [-0.15, -0.1) is 0 Å². The Hall–Kier alpha value is -2.67. The summed E-state index contributed by atoms with van der Waals surface area (Å²) in [5.74, 6) is 0.240. The van der Waals surface area contributed by atoms with Crippen LogP contribution >= 0.6 is 0 Å². The highest BCUT2D eigenvalue weighted by atomic mass is 19.1. The molecule has 3 rings (SSSR count). The molecule has 1 amide bonds. The lowest BCUT2D eigenvalue weighted by atomic mass is 10.1. The highest BCUT2D eigenvalue weighted by molar-refractivity contribution is 5.76. The van der Waals surface area contributed by atoms with Crippen LogP contribution in [-0.4, -0.2) is 61.6 Å². The molecule has 0 N–H and O–H groups in total. The van der Waals surface area contributed by atoms with Crippen molar-refractivity contribution in [2.24, 2.45) is 5.92 Å². The van der Waals surface area contributed by atoms with Crippen molar-refractivity contribution in [3.8, 4) is 11.5 Å². The van der Waals surface area contributed by atoms with Crippen LogP contribution in [0.4, 0.5) is 8.78 Å². The molecule has 0 aromatic heterocycles. The maximum atomic E-state index is 13.6. The van der Waals surface area contributed by atoms with Crippen LogP contribution in [0.1, 0.15) is 25.8 Å². The minimum Gasteiger partial charge on any atom is -0.493 e. The number of carbonyl (C=O) groups excluding carboxylic acids is 1. The summed E-state index contributed by atoms with van der Waals surface area (Å²) in [6, 6.07) is 11.2. The molecular weight excluding hydrogens is 414 g/mol. The van der Waals surface area contributed by atoms with Crippen LogP contribution in [0.3, 0.4) is 0 Å². The van der Waals surface area contributed by atoms with E-state index in [0.717, 1.165) is 30.5 Å². The van der Waals surface area contributed by atoms with Crippen molar-refractivity contribution in [1.29, 1.82) is 0 Å². The Morgan fingerprint density at radius 3 is 2.38 bits per heavy atom. The molecule has 1 heterocycles. The standard InChI is InChI=1S/C25H32F2N2O3/c1-19(2)18-32-22-7-3-20(4-8-22)5-10-25(30)29-13-11-28(12-14-29)15-16-31-24-9-6-21(26)17-23(24)27/h3-4,6-9,17,19H,5,10-16,18H2,1-2H3. The number of ether oxygens (including phenoxy) is 2. The summed E-state index contributed by atoms with van der Waals surface area (Å²) >= 11 is 0. The summed E-state index contributed by atoms with van der Waals surface area (Å²) in [6.45, 7) is 8.71. The molecule has 0 aliphatic carbocycles. The fraction of sp³-hybridized carbons (Fsp3) is 0.480. The van der Waals surface area contributed by atoms with Crippen molar-refractivity contribution >= 4 is 5.91 Å². The van der Waals surface area contributed by atoms with Crippen LogP contribution in [0.25, 0.3) is 0 Å². The summed E-state index contributed by atoms with van der Waals surface area (Å²) < 4.78 is 37.7. The average Bonchev–Trinajstić information content (AvgIpc) is 2.78. The first-order valence-electron chi connectivity index (χ1n) is 11.2. The summed E-state index contributed by atoms with van der Waals surface area (Å²) in [6.07, 6.45) is 1.19. The van der Waals surface area contributed by atoms with Gasteiger partial charge in [0.25, 0.3) is 0 Å². The van der Waals surface area contributed by atoms with Gasteiger partial charge in [0.15, 0.2) is 11.6 Å². The quantitative estimate of drug-likeness (QED) is 0.550. The first-order valence-corrected chi connectivity index (χ1v) is 11.2. The van der Waals surface area contributed by atoms with E-state index in [9.17, 15) is 13.6 Å². The van der Waals surface area contributed by atoms with Crippen LogP contribution in [0.2, 0.25) is 0 Å². The van der Waals surface area contributed by atoms with E-state index in [1.165, 1.54) is 12.1 Å². The zero-order chi connectivity index (χ0) is 22.9. The molecule has 32 heavy (non-hydrogen) atoms. The lowest BCUT2D eigenvalue weighted by molar-refractivity contribution is -0.132. The van der Waals surface area contributed by atoms with Gasteiger partial charge in [0.05, 0.1) is 6.61 Å². The fourth-order valence-electron chi connectivity index (χ4n) is 3.52. The summed E-state index contributed by atoms with van der Waals surface area (Å²) in [4.78, 5) is 16.7. The van der Waals surface area contributed by atoms with Gasteiger partial charge in [-0.05, 0) is 42.2 Å². The highest BCUT2D eigenvalue weighted by Crippen LogP contribution is 2.18. The van der Waals surface area contributed by atoms with Crippen molar-refractivity contribution in [2.75, 3.05) is 45.9 Å². The minimum atomic E-state index is -0.696. The molecule has 0 bridgehead atoms.